The quantitative estimate of drug-likeness (QED) is 0.609. The highest BCUT2D eigenvalue weighted by molar-refractivity contribution is 7.91. The molecule has 0 saturated carbocycles. The Morgan fingerprint density at radius 1 is 1.08 bits per heavy atom. The van der Waals surface area contributed by atoms with Gasteiger partial charge in [-0.05, 0) is 30.9 Å². The number of sulfonamides is 1. The molecule has 0 aliphatic rings. The Balaban J connectivity index is 2.35. The average molecular weight is 403 g/mol. The zero-order valence-corrected chi connectivity index (χ0v) is 16.6. The molecule has 2 rings (SSSR count). The molecule has 0 radical (unpaired) electrons. The predicted molar refractivity (Wildman–Crippen MR) is 99.4 cm³/mol. The molecule has 25 heavy (non-hydrogen) atoms. The van der Waals surface area contributed by atoms with Gasteiger partial charge in [-0.3, -0.25) is 4.57 Å². The fraction of sp³-hybridized carbons (Fsp3) is 0.375. The minimum Gasteiger partial charge on any atom is -0.308 e. The summed E-state index contributed by atoms with van der Waals surface area (Å²) < 4.78 is 51.9. The molecule has 9 heteroatoms. The first-order valence-corrected chi connectivity index (χ1v) is 11.9. The summed E-state index contributed by atoms with van der Waals surface area (Å²) in [5, 5.41) is 1.67. The molecule has 138 valence electrons. The minimum atomic E-state index is -3.82. The van der Waals surface area contributed by atoms with E-state index in [1.165, 1.54) is 6.07 Å². The van der Waals surface area contributed by atoms with E-state index in [-0.39, 0.29) is 23.8 Å². The lowest BCUT2D eigenvalue weighted by Gasteiger charge is -2.26. The van der Waals surface area contributed by atoms with Crippen molar-refractivity contribution in [1.29, 1.82) is 0 Å². The largest absolute Gasteiger partial charge is 0.348 e. The summed E-state index contributed by atoms with van der Waals surface area (Å²) in [6.07, 6.45) is 0.197. The molecule has 0 spiro atoms. The van der Waals surface area contributed by atoms with E-state index in [0.29, 0.717) is 0 Å². The first-order valence-electron chi connectivity index (χ1n) is 7.90. The highest BCUT2D eigenvalue weighted by Crippen LogP contribution is 2.53. The van der Waals surface area contributed by atoms with Crippen LogP contribution in [0.3, 0.4) is 0 Å². The van der Waals surface area contributed by atoms with Crippen molar-refractivity contribution in [1.82, 2.24) is 4.72 Å². The minimum absolute atomic E-state index is 0.156. The summed E-state index contributed by atoms with van der Waals surface area (Å²) >= 11 is 1.09. The number of nitrogens with one attached hydrogen (secondary N) is 1. The van der Waals surface area contributed by atoms with E-state index >= 15 is 0 Å². The van der Waals surface area contributed by atoms with Crippen molar-refractivity contribution in [3.05, 3.63) is 53.4 Å². The highest BCUT2D eigenvalue weighted by atomic mass is 32.2. The Hall–Kier alpha value is -1.02. The van der Waals surface area contributed by atoms with Gasteiger partial charge in [0.1, 0.15) is 9.99 Å². The van der Waals surface area contributed by atoms with Crippen LogP contribution in [-0.4, -0.2) is 27.4 Å². The lowest BCUT2D eigenvalue weighted by atomic mass is 10.1. The fourth-order valence-electron chi connectivity index (χ4n) is 2.29. The molecular formula is C16H22NO5PS2. The van der Waals surface area contributed by atoms with Gasteiger partial charge in [-0.2, -0.15) is 4.72 Å². The van der Waals surface area contributed by atoms with E-state index in [9.17, 15) is 13.0 Å². The average Bonchev–Trinajstić information content (AvgIpc) is 3.11. The smallest absolute Gasteiger partial charge is 0.308 e. The standard InChI is InChI=1S/C16H22NO5PS2/c1-3-21-23(18,22-4-2)15(13-14-9-6-5-7-10-14)17-25(19,20)16-11-8-12-24-16/h5-12,15,17H,3-4,13H2,1-2H3. The van der Waals surface area contributed by atoms with Gasteiger partial charge in [0.2, 0.25) is 0 Å². The first kappa shape index (κ1) is 20.3. The van der Waals surface area contributed by atoms with E-state index in [0.717, 1.165) is 16.9 Å². The molecule has 0 aliphatic carbocycles. The van der Waals surface area contributed by atoms with Crippen LogP contribution in [0.25, 0.3) is 0 Å². The molecule has 1 N–H and O–H groups in total. The Morgan fingerprint density at radius 2 is 1.72 bits per heavy atom. The summed E-state index contributed by atoms with van der Waals surface area (Å²) in [4.78, 5) is 0. The van der Waals surface area contributed by atoms with Crippen molar-refractivity contribution in [2.75, 3.05) is 13.2 Å². The lowest BCUT2D eigenvalue weighted by Crippen LogP contribution is -2.37. The maximum atomic E-state index is 13.2. The normalized spacial score (nSPS) is 13.7. The summed E-state index contributed by atoms with van der Waals surface area (Å²) in [6, 6.07) is 12.4. The van der Waals surface area contributed by atoms with Crippen LogP contribution in [-0.2, 0) is 30.1 Å². The van der Waals surface area contributed by atoms with Gasteiger partial charge in [0.05, 0.1) is 13.2 Å². The number of hydrogen-bond acceptors (Lipinski definition) is 6. The third-order valence-corrected chi connectivity index (χ3v) is 8.68. The van der Waals surface area contributed by atoms with Crippen molar-refractivity contribution >= 4 is 29.0 Å². The van der Waals surface area contributed by atoms with Crippen LogP contribution in [0, 0.1) is 0 Å². The van der Waals surface area contributed by atoms with Crippen molar-refractivity contribution in [2.24, 2.45) is 0 Å². The molecule has 1 heterocycles. The van der Waals surface area contributed by atoms with Gasteiger partial charge in [0.15, 0.2) is 0 Å². The van der Waals surface area contributed by atoms with Crippen LogP contribution in [0.5, 0.6) is 0 Å². The molecular weight excluding hydrogens is 381 g/mol. The molecule has 1 atom stereocenters. The van der Waals surface area contributed by atoms with Gasteiger partial charge >= 0.3 is 7.60 Å². The molecule has 0 aliphatic heterocycles. The summed E-state index contributed by atoms with van der Waals surface area (Å²) in [7, 11) is -7.50. The maximum absolute atomic E-state index is 13.2. The Bertz CT molecular complexity index is 783. The second kappa shape index (κ2) is 9.07. The second-order valence-corrected chi connectivity index (χ2v) is 10.2. The van der Waals surface area contributed by atoms with E-state index < -0.39 is 23.4 Å². The van der Waals surface area contributed by atoms with Gasteiger partial charge in [-0.25, -0.2) is 8.42 Å². The van der Waals surface area contributed by atoms with Crippen LogP contribution < -0.4 is 4.72 Å². The van der Waals surface area contributed by atoms with E-state index in [2.05, 4.69) is 4.72 Å². The molecule has 0 fully saturated rings. The third kappa shape index (κ3) is 5.48. The van der Waals surface area contributed by atoms with Crippen molar-refractivity contribution in [3.8, 4) is 0 Å². The molecule has 1 aromatic carbocycles. The van der Waals surface area contributed by atoms with Crippen molar-refractivity contribution < 1.29 is 22.0 Å². The molecule has 0 amide bonds. The fourth-order valence-corrected chi connectivity index (χ4v) is 6.89. The molecule has 0 bridgehead atoms. The van der Waals surface area contributed by atoms with Gasteiger partial charge in [-0.1, -0.05) is 36.4 Å². The van der Waals surface area contributed by atoms with Gasteiger partial charge in [-0.15, -0.1) is 11.3 Å². The number of benzene rings is 1. The summed E-state index contributed by atoms with van der Waals surface area (Å²) in [6.45, 7) is 3.70. The van der Waals surface area contributed by atoms with Gasteiger partial charge in [0.25, 0.3) is 10.0 Å². The van der Waals surface area contributed by atoms with Crippen LogP contribution in [0.1, 0.15) is 19.4 Å². The number of hydrogen-bond donors (Lipinski definition) is 1. The van der Waals surface area contributed by atoms with Crippen LogP contribution in [0.2, 0.25) is 0 Å². The molecule has 2 aromatic rings. The van der Waals surface area contributed by atoms with Crippen LogP contribution >= 0.6 is 18.9 Å². The Kier molecular flexibility index (Phi) is 7.37. The van der Waals surface area contributed by atoms with E-state index in [1.54, 1.807) is 25.3 Å². The Morgan fingerprint density at radius 3 is 2.24 bits per heavy atom. The van der Waals surface area contributed by atoms with Crippen LogP contribution in [0.4, 0.5) is 0 Å². The zero-order valence-electron chi connectivity index (χ0n) is 14.1. The summed E-state index contributed by atoms with van der Waals surface area (Å²) in [5.74, 6) is -1.01. The number of rotatable bonds is 10. The van der Waals surface area contributed by atoms with Crippen LogP contribution in [0.15, 0.2) is 52.1 Å². The number of thiophene rings is 1. The van der Waals surface area contributed by atoms with E-state index in [4.69, 9.17) is 9.05 Å². The maximum Gasteiger partial charge on any atom is 0.348 e. The van der Waals surface area contributed by atoms with Gasteiger partial charge < -0.3 is 9.05 Å². The highest BCUT2D eigenvalue weighted by Gasteiger charge is 2.39. The summed E-state index contributed by atoms with van der Waals surface area (Å²) in [5.41, 5.74) is 0.834. The molecule has 1 unspecified atom stereocenters. The third-order valence-electron chi connectivity index (χ3n) is 3.32. The SMILES string of the molecule is CCOP(=O)(OCC)C(Cc1ccccc1)NS(=O)(=O)c1cccs1. The Labute approximate surface area is 152 Å². The zero-order chi connectivity index (χ0) is 18.3. The predicted octanol–water partition coefficient (Wildman–Crippen LogP) is 3.86. The van der Waals surface area contributed by atoms with E-state index in [1.807, 2.05) is 30.3 Å². The molecule has 1 aromatic heterocycles. The monoisotopic (exact) mass is 403 g/mol. The molecule has 0 saturated heterocycles. The first-order chi connectivity index (χ1) is 11.9. The topological polar surface area (TPSA) is 81.7 Å². The van der Waals surface area contributed by atoms with Crippen molar-refractivity contribution in [2.45, 2.75) is 30.3 Å². The lowest BCUT2D eigenvalue weighted by molar-refractivity contribution is 0.210. The van der Waals surface area contributed by atoms with Gasteiger partial charge in [0, 0.05) is 6.42 Å². The van der Waals surface area contributed by atoms with Crippen molar-refractivity contribution in [3.63, 3.8) is 0 Å². The second-order valence-electron chi connectivity index (χ2n) is 5.13. The molecule has 6 nitrogen and oxygen atoms in total.